The standard InChI is InChI=1S/C11H16Cl2O3/c1-15-7-3-2-4-8(5-7)16-10(14)9-6-11(9,12)13/h7-9H,2-6H2,1H3/t7-,8+,9+/m1/s1. The van der Waals surface area contributed by atoms with Gasteiger partial charge in [0.25, 0.3) is 0 Å². The molecule has 92 valence electrons. The highest BCUT2D eigenvalue weighted by Gasteiger charge is 2.57. The van der Waals surface area contributed by atoms with Gasteiger partial charge < -0.3 is 9.47 Å². The Hall–Kier alpha value is 0.01000. The molecule has 0 N–H and O–H groups in total. The summed E-state index contributed by atoms with van der Waals surface area (Å²) >= 11 is 11.6. The monoisotopic (exact) mass is 266 g/mol. The Labute approximate surface area is 105 Å². The van der Waals surface area contributed by atoms with Gasteiger partial charge in [0.2, 0.25) is 0 Å². The van der Waals surface area contributed by atoms with E-state index in [1.54, 1.807) is 7.11 Å². The molecule has 5 heteroatoms. The molecule has 0 aliphatic heterocycles. The largest absolute Gasteiger partial charge is 0.462 e. The van der Waals surface area contributed by atoms with Crippen molar-refractivity contribution in [3.63, 3.8) is 0 Å². The lowest BCUT2D eigenvalue weighted by atomic mass is 9.95. The number of ether oxygens (including phenoxy) is 2. The zero-order valence-corrected chi connectivity index (χ0v) is 10.8. The van der Waals surface area contributed by atoms with Crippen molar-refractivity contribution in [1.29, 1.82) is 0 Å². The van der Waals surface area contributed by atoms with Crippen molar-refractivity contribution in [3.05, 3.63) is 0 Å². The van der Waals surface area contributed by atoms with E-state index in [0.29, 0.717) is 6.42 Å². The predicted molar refractivity (Wildman–Crippen MR) is 61.7 cm³/mol. The topological polar surface area (TPSA) is 35.5 Å². The number of halogens is 2. The van der Waals surface area contributed by atoms with E-state index in [9.17, 15) is 4.79 Å². The van der Waals surface area contributed by atoms with Crippen molar-refractivity contribution in [3.8, 4) is 0 Å². The third-order valence-corrected chi connectivity index (χ3v) is 4.14. The molecule has 0 heterocycles. The average molecular weight is 267 g/mol. The molecule has 3 nitrogen and oxygen atoms in total. The van der Waals surface area contributed by atoms with Crippen LogP contribution in [-0.4, -0.2) is 29.6 Å². The first kappa shape index (κ1) is 12.5. The summed E-state index contributed by atoms with van der Waals surface area (Å²) in [5, 5.41) is 0. The second-order valence-electron chi connectivity index (χ2n) is 4.60. The zero-order chi connectivity index (χ0) is 11.8. The van der Waals surface area contributed by atoms with Gasteiger partial charge in [0, 0.05) is 13.5 Å². The summed E-state index contributed by atoms with van der Waals surface area (Å²) in [6.07, 6.45) is 4.47. The van der Waals surface area contributed by atoms with Crippen LogP contribution in [-0.2, 0) is 14.3 Å². The van der Waals surface area contributed by atoms with E-state index < -0.39 is 4.33 Å². The highest BCUT2D eigenvalue weighted by Crippen LogP contribution is 2.53. The molecule has 2 fully saturated rings. The van der Waals surface area contributed by atoms with Crippen LogP contribution in [0, 0.1) is 5.92 Å². The van der Waals surface area contributed by atoms with Gasteiger partial charge in [0.15, 0.2) is 0 Å². The van der Waals surface area contributed by atoms with Gasteiger partial charge >= 0.3 is 5.97 Å². The lowest BCUT2D eigenvalue weighted by Crippen LogP contribution is -2.30. The molecule has 0 unspecified atom stereocenters. The minimum absolute atomic E-state index is 0.0315. The van der Waals surface area contributed by atoms with E-state index in [-0.39, 0.29) is 24.1 Å². The van der Waals surface area contributed by atoms with E-state index in [4.69, 9.17) is 32.7 Å². The highest BCUT2D eigenvalue weighted by atomic mass is 35.5. The van der Waals surface area contributed by atoms with Crippen molar-refractivity contribution in [2.45, 2.75) is 48.6 Å². The number of methoxy groups -OCH3 is 1. The zero-order valence-electron chi connectivity index (χ0n) is 9.25. The summed E-state index contributed by atoms with van der Waals surface area (Å²) in [6.45, 7) is 0. The number of hydrogen-bond acceptors (Lipinski definition) is 3. The molecule has 3 atom stereocenters. The minimum Gasteiger partial charge on any atom is -0.462 e. The molecular weight excluding hydrogens is 251 g/mol. The summed E-state index contributed by atoms with van der Waals surface area (Å²) in [5.74, 6) is -0.592. The molecule has 0 bridgehead atoms. The fourth-order valence-corrected chi connectivity index (χ4v) is 2.63. The summed E-state index contributed by atoms with van der Waals surface area (Å²) in [6, 6.07) is 0. The van der Waals surface area contributed by atoms with Crippen molar-refractivity contribution in [2.75, 3.05) is 7.11 Å². The maximum absolute atomic E-state index is 11.7. The smallest absolute Gasteiger partial charge is 0.312 e. The van der Waals surface area contributed by atoms with E-state index in [1.807, 2.05) is 0 Å². The lowest BCUT2D eigenvalue weighted by molar-refractivity contribution is -0.154. The Morgan fingerprint density at radius 2 is 1.94 bits per heavy atom. The van der Waals surface area contributed by atoms with Crippen LogP contribution < -0.4 is 0 Å². The van der Waals surface area contributed by atoms with Gasteiger partial charge in [-0.15, -0.1) is 23.2 Å². The number of rotatable bonds is 3. The number of hydrogen-bond donors (Lipinski definition) is 0. The quantitative estimate of drug-likeness (QED) is 0.582. The molecule has 0 radical (unpaired) electrons. The fraction of sp³-hybridized carbons (Fsp3) is 0.909. The van der Waals surface area contributed by atoms with Crippen molar-refractivity contribution in [1.82, 2.24) is 0 Å². The summed E-state index contributed by atoms with van der Waals surface area (Å²) in [5.41, 5.74) is 0. The number of carbonyl (C=O) groups is 1. The Kier molecular flexibility index (Phi) is 3.67. The molecule has 2 aliphatic carbocycles. The number of carbonyl (C=O) groups excluding carboxylic acids is 1. The summed E-state index contributed by atoms with van der Waals surface area (Å²) < 4.78 is 9.79. The van der Waals surface area contributed by atoms with Gasteiger partial charge in [-0.2, -0.15) is 0 Å². The number of alkyl halides is 2. The average Bonchev–Trinajstić information content (AvgIpc) is 2.88. The number of esters is 1. The maximum atomic E-state index is 11.7. The van der Waals surface area contributed by atoms with Crippen molar-refractivity contribution >= 4 is 29.2 Å². The molecule has 0 amide bonds. The summed E-state index contributed by atoms with van der Waals surface area (Å²) in [4.78, 5) is 11.7. The first-order chi connectivity index (χ1) is 7.53. The minimum atomic E-state index is -0.883. The Morgan fingerprint density at radius 1 is 1.31 bits per heavy atom. The fourth-order valence-electron chi connectivity index (χ4n) is 2.14. The van der Waals surface area contributed by atoms with Crippen LogP contribution in [0.1, 0.15) is 32.1 Å². The van der Waals surface area contributed by atoms with Gasteiger partial charge in [-0.3, -0.25) is 4.79 Å². The second kappa shape index (κ2) is 4.71. The van der Waals surface area contributed by atoms with Gasteiger partial charge in [-0.05, 0) is 25.7 Å². The Balaban J connectivity index is 1.79. The van der Waals surface area contributed by atoms with Crippen molar-refractivity contribution < 1.29 is 14.3 Å². The van der Waals surface area contributed by atoms with Gasteiger partial charge in [0.1, 0.15) is 10.4 Å². The van der Waals surface area contributed by atoms with E-state index in [1.165, 1.54) is 0 Å². The molecule has 0 spiro atoms. The van der Waals surface area contributed by atoms with Crippen LogP contribution in [0.4, 0.5) is 0 Å². The van der Waals surface area contributed by atoms with Crippen LogP contribution in [0.5, 0.6) is 0 Å². The van der Waals surface area contributed by atoms with Gasteiger partial charge in [-0.1, -0.05) is 0 Å². The lowest BCUT2D eigenvalue weighted by Gasteiger charge is -2.27. The van der Waals surface area contributed by atoms with Crippen LogP contribution in [0.3, 0.4) is 0 Å². The molecule has 2 saturated carbocycles. The molecule has 0 aromatic carbocycles. The van der Waals surface area contributed by atoms with E-state index in [0.717, 1.165) is 25.7 Å². The molecule has 2 aliphatic rings. The van der Waals surface area contributed by atoms with Gasteiger partial charge in [0.05, 0.1) is 12.0 Å². The SMILES string of the molecule is CO[C@@H]1CCC[C@H](OC(=O)[C@@H]2CC2(Cl)Cl)C1. The van der Waals surface area contributed by atoms with Gasteiger partial charge in [-0.25, -0.2) is 0 Å². The molecule has 2 rings (SSSR count). The second-order valence-corrected chi connectivity index (χ2v) is 6.14. The van der Waals surface area contributed by atoms with Crippen LogP contribution in [0.15, 0.2) is 0 Å². The molecule has 0 aromatic rings. The predicted octanol–water partition coefficient (Wildman–Crippen LogP) is 2.68. The normalized spacial score (nSPS) is 36.8. The Morgan fingerprint density at radius 3 is 2.50 bits per heavy atom. The maximum Gasteiger partial charge on any atom is 0.312 e. The summed E-state index contributed by atoms with van der Waals surface area (Å²) in [7, 11) is 1.69. The van der Waals surface area contributed by atoms with Crippen LogP contribution in [0.2, 0.25) is 0 Å². The first-order valence-electron chi connectivity index (χ1n) is 5.64. The van der Waals surface area contributed by atoms with Crippen molar-refractivity contribution in [2.24, 2.45) is 5.92 Å². The molecule has 0 saturated heterocycles. The highest BCUT2D eigenvalue weighted by molar-refractivity contribution is 6.52. The molecule has 0 aromatic heterocycles. The first-order valence-corrected chi connectivity index (χ1v) is 6.39. The molecular formula is C11H16Cl2O3. The van der Waals surface area contributed by atoms with E-state index >= 15 is 0 Å². The van der Waals surface area contributed by atoms with Crippen LogP contribution >= 0.6 is 23.2 Å². The molecule has 16 heavy (non-hydrogen) atoms. The third kappa shape index (κ3) is 2.82. The Bertz CT molecular complexity index is 280. The van der Waals surface area contributed by atoms with Crippen LogP contribution in [0.25, 0.3) is 0 Å². The van der Waals surface area contributed by atoms with E-state index in [2.05, 4.69) is 0 Å². The third-order valence-electron chi connectivity index (χ3n) is 3.30.